The summed E-state index contributed by atoms with van der Waals surface area (Å²) in [6.07, 6.45) is 0. The van der Waals surface area contributed by atoms with Crippen molar-refractivity contribution >= 4 is 56.2 Å². The highest BCUT2D eigenvalue weighted by Crippen LogP contribution is 2.34. The summed E-state index contributed by atoms with van der Waals surface area (Å²) < 4.78 is 1.49. The van der Waals surface area contributed by atoms with Gasteiger partial charge in [-0.3, -0.25) is 19.1 Å². The van der Waals surface area contributed by atoms with Gasteiger partial charge >= 0.3 is 0 Å². The molecule has 0 saturated heterocycles. The summed E-state index contributed by atoms with van der Waals surface area (Å²) in [6.45, 7) is -0.0378. The molecule has 6 nitrogen and oxygen atoms in total. The number of anilines is 1. The molecule has 3 aromatic heterocycles. The van der Waals surface area contributed by atoms with Crippen molar-refractivity contribution in [3.05, 3.63) is 63.6 Å². The second-order valence-corrected chi connectivity index (χ2v) is 9.08. The molecule has 0 aliphatic carbocycles. The summed E-state index contributed by atoms with van der Waals surface area (Å²) in [7, 11) is 1.67. The summed E-state index contributed by atoms with van der Waals surface area (Å²) >= 11 is 4.21. The minimum Gasteiger partial charge on any atom is -0.298 e. The van der Waals surface area contributed by atoms with E-state index < -0.39 is 0 Å². The molecule has 0 radical (unpaired) electrons. The number of thiophene rings is 2. The zero-order chi connectivity index (χ0) is 21.1. The van der Waals surface area contributed by atoms with E-state index in [-0.39, 0.29) is 23.8 Å². The Morgan fingerprint density at radius 3 is 2.73 bits per heavy atom. The molecular formula is C21H16N4O2S3. The van der Waals surface area contributed by atoms with Crippen molar-refractivity contribution in [3.63, 3.8) is 0 Å². The molecule has 0 bridgehead atoms. The number of amides is 1. The lowest BCUT2D eigenvalue weighted by Crippen LogP contribution is -2.33. The number of nitriles is 1. The third-order valence-corrected chi connectivity index (χ3v) is 7.27. The number of rotatable bonds is 6. The van der Waals surface area contributed by atoms with Crippen molar-refractivity contribution < 1.29 is 4.79 Å². The molecule has 9 heteroatoms. The minimum atomic E-state index is -0.215. The average Bonchev–Trinajstić information content (AvgIpc) is 3.43. The van der Waals surface area contributed by atoms with Gasteiger partial charge < -0.3 is 0 Å². The van der Waals surface area contributed by atoms with Crippen LogP contribution >= 0.6 is 34.4 Å². The lowest BCUT2D eigenvalue weighted by atomic mass is 10.2. The largest absolute Gasteiger partial charge is 0.298 e. The SMILES string of the molecule is Cn1c(SCC(=O)N(CC#N)c2ccccc2)nc2scc(-c3cccs3)c2c1=O. The number of fused-ring (bicyclic) bond motifs is 1. The molecule has 30 heavy (non-hydrogen) atoms. The molecule has 4 rings (SSSR count). The van der Waals surface area contributed by atoms with Crippen LogP contribution in [0.4, 0.5) is 5.69 Å². The minimum absolute atomic E-state index is 0.0378. The summed E-state index contributed by atoms with van der Waals surface area (Å²) in [6, 6.07) is 15.1. The fraction of sp³-hybridized carbons (Fsp3) is 0.143. The Morgan fingerprint density at radius 1 is 1.23 bits per heavy atom. The van der Waals surface area contributed by atoms with Crippen molar-refractivity contribution in [2.75, 3.05) is 17.2 Å². The fourth-order valence-electron chi connectivity index (χ4n) is 3.00. The standard InChI is InChI=1S/C21H16N4O2S3/c1-24-20(27)18-15(16-8-5-11-28-16)12-29-19(18)23-21(24)30-13-17(26)25(10-9-22)14-6-3-2-4-7-14/h2-8,11-12H,10,13H2,1H3. The monoisotopic (exact) mass is 452 g/mol. The Balaban J connectivity index is 1.60. The first-order chi connectivity index (χ1) is 14.6. The smallest absolute Gasteiger partial charge is 0.263 e. The number of hydrogen-bond donors (Lipinski definition) is 0. The fourth-order valence-corrected chi connectivity index (χ4v) is 5.65. The summed E-state index contributed by atoms with van der Waals surface area (Å²) in [5, 5.41) is 14.1. The molecule has 0 fully saturated rings. The van der Waals surface area contributed by atoms with Gasteiger partial charge in [0.1, 0.15) is 11.4 Å². The third-order valence-electron chi connectivity index (χ3n) is 4.48. The van der Waals surface area contributed by atoms with Gasteiger partial charge in [-0.2, -0.15) is 5.26 Å². The first kappa shape index (κ1) is 20.3. The van der Waals surface area contributed by atoms with Crippen LogP contribution in [0.5, 0.6) is 0 Å². The Labute approximate surface area is 185 Å². The molecule has 150 valence electrons. The molecule has 1 aromatic carbocycles. The van der Waals surface area contributed by atoms with Gasteiger partial charge in [-0.25, -0.2) is 4.98 Å². The summed E-state index contributed by atoms with van der Waals surface area (Å²) in [4.78, 5) is 33.5. The van der Waals surface area contributed by atoms with E-state index in [4.69, 9.17) is 5.26 Å². The van der Waals surface area contributed by atoms with E-state index >= 15 is 0 Å². The van der Waals surface area contributed by atoms with Crippen molar-refractivity contribution in [2.24, 2.45) is 7.05 Å². The van der Waals surface area contributed by atoms with E-state index in [1.165, 1.54) is 32.6 Å². The van der Waals surface area contributed by atoms with Crippen LogP contribution in [0.15, 0.2) is 63.2 Å². The van der Waals surface area contributed by atoms with Crippen LogP contribution in [0.1, 0.15) is 0 Å². The molecule has 0 saturated carbocycles. The maximum absolute atomic E-state index is 13.0. The molecular weight excluding hydrogens is 436 g/mol. The van der Waals surface area contributed by atoms with Crippen LogP contribution in [0.25, 0.3) is 20.7 Å². The number of para-hydroxylation sites is 1. The van der Waals surface area contributed by atoms with Crippen LogP contribution in [0.3, 0.4) is 0 Å². The normalized spacial score (nSPS) is 10.8. The second-order valence-electron chi connectivity index (χ2n) is 6.33. The van der Waals surface area contributed by atoms with Gasteiger partial charge in [0.2, 0.25) is 5.91 Å². The molecule has 0 aliphatic heterocycles. The molecule has 0 N–H and O–H groups in total. The van der Waals surface area contributed by atoms with Crippen molar-refractivity contribution in [2.45, 2.75) is 5.16 Å². The molecule has 0 atom stereocenters. The van der Waals surface area contributed by atoms with Crippen LogP contribution in [-0.4, -0.2) is 27.8 Å². The quantitative estimate of drug-likeness (QED) is 0.247. The van der Waals surface area contributed by atoms with Crippen LogP contribution in [-0.2, 0) is 11.8 Å². The summed E-state index contributed by atoms with van der Waals surface area (Å²) in [5.74, 6) is -0.140. The van der Waals surface area contributed by atoms with Gasteiger partial charge in [-0.05, 0) is 23.6 Å². The second kappa shape index (κ2) is 8.83. The number of carbonyl (C=O) groups excluding carboxylic acids is 1. The molecule has 3 heterocycles. The van der Waals surface area contributed by atoms with Gasteiger partial charge in [0.05, 0.1) is 17.2 Å². The van der Waals surface area contributed by atoms with Crippen molar-refractivity contribution in [3.8, 4) is 16.5 Å². The maximum Gasteiger partial charge on any atom is 0.263 e. The van der Waals surface area contributed by atoms with E-state index in [1.54, 1.807) is 30.5 Å². The zero-order valence-corrected chi connectivity index (χ0v) is 18.4. The first-order valence-corrected chi connectivity index (χ1v) is 11.7. The van der Waals surface area contributed by atoms with E-state index in [2.05, 4.69) is 4.98 Å². The highest BCUT2D eigenvalue weighted by Gasteiger charge is 2.19. The van der Waals surface area contributed by atoms with E-state index in [0.29, 0.717) is 21.1 Å². The van der Waals surface area contributed by atoms with Gasteiger partial charge in [-0.15, -0.1) is 22.7 Å². The highest BCUT2D eigenvalue weighted by molar-refractivity contribution is 7.99. The Morgan fingerprint density at radius 2 is 2.03 bits per heavy atom. The van der Waals surface area contributed by atoms with Crippen LogP contribution in [0.2, 0.25) is 0 Å². The maximum atomic E-state index is 13.0. The number of thioether (sulfide) groups is 1. The van der Waals surface area contributed by atoms with Crippen molar-refractivity contribution in [1.29, 1.82) is 5.26 Å². The molecule has 1 amide bonds. The van der Waals surface area contributed by atoms with Gasteiger partial charge in [-0.1, -0.05) is 36.0 Å². The Bertz CT molecular complexity index is 1290. The predicted octanol–water partition coefficient (Wildman–Crippen LogP) is 4.37. The highest BCUT2D eigenvalue weighted by atomic mass is 32.2. The van der Waals surface area contributed by atoms with Crippen LogP contribution in [0, 0.1) is 11.3 Å². The molecule has 4 aromatic rings. The third kappa shape index (κ3) is 3.89. The number of aromatic nitrogens is 2. The first-order valence-electron chi connectivity index (χ1n) is 8.97. The van der Waals surface area contributed by atoms with Gasteiger partial charge in [0.25, 0.3) is 5.56 Å². The van der Waals surface area contributed by atoms with Crippen LogP contribution < -0.4 is 10.5 Å². The number of nitrogens with zero attached hydrogens (tertiary/aromatic N) is 4. The lowest BCUT2D eigenvalue weighted by molar-refractivity contribution is -0.116. The number of benzene rings is 1. The predicted molar refractivity (Wildman–Crippen MR) is 123 cm³/mol. The van der Waals surface area contributed by atoms with E-state index in [1.807, 2.05) is 47.2 Å². The van der Waals surface area contributed by atoms with Gasteiger partial charge in [0, 0.05) is 28.6 Å². The Kier molecular flexibility index (Phi) is 5.99. The molecule has 0 spiro atoms. The zero-order valence-electron chi connectivity index (χ0n) is 15.9. The van der Waals surface area contributed by atoms with Gasteiger partial charge in [0.15, 0.2) is 5.16 Å². The summed E-state index contributed by atoms with van der Waals surface area (Å²) in [5.41, 5.74) is 1.44. The Hall–Kier alpha value is -2.93. The average molecular weight is 453 g/mol. The number of hydrogen-bond acceptors (Lipinski definition) is 7. The number of carbonyl (C=O) groups is 1. The molecule has 0 unspecified atom stereocenters. The van der Waals surface area contributed by atoms with Crippen molar-refractivity contribution in [1.82, 2.24) is 9.55 Å². The molecule has 0 aliphatic rings. The topological polar surface area (TPSA) is 79.0 Å². The van der Waals surface area contributed by atoms with E-state index in [0.717, 1.165) is 10.4 Å². The lowest BCUT2D eigenvalue weighted by Gasteiger charge is -2.19. The van der Waals surface area contributed by atoms with E-state index in [9.17, 15) is 9.59 Å².